The zero-order valence-corrected chi connectivity index (χ0v) is 17.2. The minimum Gasteiger partial charge on any atom is -0.508 e. The van der Waals surface area contributed by atoms with Gasteiger partial charge in [-0.2, -0.15) is 0 Å². The highest BCUT2D eigenvalue weighted by atomic mass is 16.5. The molecule has 0 atom stereocenters. The monoisotopic (exact) mass is 419 g/mol. The van der Waals surface area contributed by atoms with Crippen LogP contribution in [0.4, 0.5) is 17.2 Å². The van der Waals surface area contributed by atoms with Crippen LogP contribution in [0.15, 0.2) is 103 Å². The van der Waals surface area contributed by atoms with Crippen molar-refractivity contribution in [1.29, 1.82) is 0 Å². The number of nitrogens with two attached hydrogens (primary N) is 1. The third-order valence-electron chi connectivity index (χ3n) is 5.18. The van der Waals surface area contributed by atoms with Crippen molar-refractivity contribution in [2.45, 2.75) is 0 Å². The van der Waals surface area contributed by atoms with E-state index in [9.17, 15) is 5.11 Å². The summed E-state index contributed by atoms with van der Waals surface area (Å²) < 4.78 is 5.95. The van der Waals surface area contributed by atoms with E-state index >= 15 is 0 Å². The Labute approximate surface area is 185 Å². The lowest BCUT2D eigenvalue weighted by molar-refractivity contribution is 0.475. The van der Waals surface area contributed by atoms with Gasteiger partial charge in [0.1, 0.15) is 23.1 Å². The Bertz CT molecular complexity index is 1400. The molecule has 0 bridgehead atoms. The summed E-state index contributed by atoms with van der Waals surface area (Å²) in [6.45, 7) is 0. The molecule has 5 aromatic rings. The van der Waals surface area contributed by atoms with Crippen LogP contribution in [0, 0.1) is 0 Å². The second-order valence-corrected chi connectivity index (χ2v) is 7.43. The van der Waals surface area contributed by atoms with E-state index in [1.807, 2.05) is 84.9 Å². The lowest BCUT2D eigenvalue weighted by Gasteiger charge is -2.13. The number of aromatic hydroxyl groups is 1. The molecule has 0 aliphatic heterocycles. The topological polar surface area (TPSA) is 80.4 Å². The molecule has 0 radical (unpaired) electrons. The Hall–Kier alpha value is -4.51. The van der Waals surface area contributed by atoms with Crippen molar-refractivity contribution >= 4 is 28.0 Å². The molecule has 0 fully saturated rings. The van der Waals surface area contributed by atoms with E-state index in [1.54, 1.807) is 18.3 Å². The highest BCUT2D eigenvalue weighted by Gasteiger charge is 2.09. The van der Waals surface area contributed by atoms with Crippen molar-refractivity contribution in [3.8, 4) is 28.4 Å². The molecule has 1 aromatic heterocycles. The number of nitrogens with one attached hydrogen (secondary N) is 1. The van der Waals surface area contributed by atoms with Crippen molar-refractivity contribution in [2.75, 3.05) is 11.1 Å². The van der Waals surface area contributed by atoms with Crippen molar-refractivity contribution in [1.82, 2.24) is 4.98 Å². The van der Waals surface area contributed by atoms with Gasteiger partial charge in [0.15, 0.2) is 0 Å². The van der Waals surface area contributed by atoms with Crippen molar-refractivity contribution in [3.05, 3.63) is 103 Å². The molecule has 5 rings (SSSR count). The summed E-state index contributed by atoms with van der Waals surface area (Å²) in [5, 5.41) is 15.3. The number of phenols is 1. The standard InChI is InChI=1S/C27H21N3O2/c28-19-10-12-22(13-11-19)32-23-7-2-5-20(17-23)30-27-26-9-3-8-24(25(26)14-15-29-27)18-4-1-6-21(31)16-18/h1-17,31H,28H2,(H,29,30). The molecule has 4 N–H and O–H groups in total. The third-order valence-corrected chi connectivity index (χ3v) is 5.18. The molecular formula is C27H21N3O2. The molecule has 0 unspecified atom stereocenters. The molecule has 0 spiro atoms. The largest absolute Gasteiger partial charge is 0.508 e. The van der Waals surface area contributed by atoms with E-state index in [0.29, 0.717) is 11.4 Å². The molecular weight excluding hydrogens is 398 g/mol. The summed E-state index contributed by atoms with van der Waals surface area (Å²) >= 11 is 0. The number of nitrogens with zero attached hydrogens (tertiary/aromatic N) is 1. The van der Waals surface area contributed by atoms with Crippen LogP contribution in [-0.4, -0.2) is 10.1 Å². The van der Waals surface area contributed by atoms with E-state index in [1.165, 1.54) is 0 Å². The Morgan fingerprint density at radius 3 is 2.41 bits per heavy atom. The highest BCUT2D eigenvalue weighted by molar-refractivity contribution is 6.02. The number of benzene rings is 4. The van der Waals surface area contributed by atoms with Gasteiger partial charge in [0, 0.05) is 29.0 Å². The first-order valence-corrected chi connectivity index (χ1v) is 10.2. The van der Waals surface area contributed by atoms with Gasteiger partial charge in [-0.05, 0) is 71.1 Å². The molecule has 1 heterocycles. The van der Waals surface area contributed by atoms with E-state index in [4.69, 9.17) is 10.5 Å². The van der Waals surface area contributed by atoms with Crippen LogP contribution >= 0.6 is 0 Å². The maximum atomic E-state index is 9.90. The summed E-state index contributed by atoms with van der Waals surface area (Å²) in [7, 11) is 0. The van der Waals surface area contributed by atoms with Gasteiger partial charge in [0.05, 0.1) is 0 Å². The van der Waals surface area contributed by atoms with Gasteiger partial charge in [-0.25, -0.2) is 4.98 Å². The molecule has 0 saturated heterocycles. The lowest BCUT2D eigenvalue weighted by atomic mass is 9.99. The molecule has 0 saturated carbocycles. The molecule has 0 amide bonds. The maximum absolute atomic E-state index is 9.90. The molecule has 4 aromatic carbocycles. The SMILES string of the molecule is Nc1ccc(Oc2cccc(Nc3nccc4c(-c5cccc(O)c5)cccc34)c2)cc1. The predicted molar refractivity (Wildman–Crippen MR) is 129 cm³/mol. The lowest BCUT2D eigenvalue weighted by Crippen LogP contribution is -1.96. The number of hydrogen-bond donors (Lipinski definition) is 3. The first-order valence-electron chi connectivity index (χ1n) is 10.2. The Morgan fingerprint density at radius 2 is 1.56 bits per heavy atom. The summed E-state index contributed by atoms with van der Waals surface area (Å²) in [4.78, 5) is 4.56. The smallest absolute Gasteiger partial charge is 0.138 e. The quantitative estimate of drug-likeness (QED) is 0.275. The number of fused-ring (bicyclic) bond motifs is 1. The van der Waals surface area contributed by atoms with E-state index < -0.39 is 0 Å². The average molecular weight is 419 g/mol. The number of anilines is 3. The molecule has 32 heavy (non-hydrogen) atoms. The number of rotatable bonds is 5. The van der Waals surface area contributed by atoms with Crippen LogP contribution in [0.1, 0.15) is 0 Å². The Balaban J connectivity index is 1.47. The predicted octanol–water partition coefficient (Wildman–Crippen LogP) is 6.73. The van der Waals surface area contributed by atoms with Crippen molar-refractivity contribution < 1.29 is 9.84 Å². The fraction of sp³-hybridized carbons (Fsp3) is 0. The van der Waals surface area contributed by atoms with Crippen LogP contribution in [-0.2, 0) is 0 Å². The summed E-state index contributed by atoms with van der Waals surface area (Å²) in [5.74, 6) is 2.41. The van der Waals surface area contributed by atoms with Crippen LogP contribution < -0.4 is 15.8 Å². The second kappa shape index (κ2) is 8.32. The minimum absolute atomic E-state index is 0.241. The van der Waals surface area contributed by atoms with Gasteiger partial charge in [0.2, 0.25) is 0 Å². The first-order chi connectivity index (χ1) is 15.7. The number of nitrogen functional groups attached to an aromatic ring is 1. The van der Waals surface area contributed by atoms with E-state index in [2.05, 4.69) is 10.3 Å². The normalized spacial score (nSPS) is 10.8. The van der Waals surface area contributed by atoms with E-state index in [-0.39, 0.29) is 5.75 Å². The van der Waals surface area contributed by atoms with Crippen LogP contribution in [0.5, 0.6) is 17.2 Å². The summed E-state index contributed by atoms with van der Waals surface area (Å²) in [6.07, 6.45) is 1.78. The zero-order valence-electron chi connectivity index (χ0n) is 17.2. The van der Waals surface area contributed by atoms with Gasteiger partial charge in [0.25, 0.3) is 0 Å². The average Bonchev–Trinajstić information content (AvgIpc) is 2.81. The molecule has 0 aliphatic rings. The summed E-state index contributed by atoms with van der Waals surface area (Å²) in [5.41, 5.74) is 9.28. The maximum Gasteiger partial charge on any atom is 0.138 e. The van der Waals surface area contributed by atoms with Crippen LogP contribution in [0.25, 0.3) is 21.9 Å². The third kappa shape index (κ3) is 4.04. The number of hydrogen-bond acceptors (Lipinski definition) is 5. The fourth-order valence-electron chi connectivity index (χ4n) is 3.68. The Morgan fingerprint density at radius 1 is 0.750 bits per heavy atom. The highest BCUT2D eigenvalue weighted by Crippen LogP contribution is 2.34. The molecule has 5 nitrogen and oxygen atoms in total. The zero-order chi connectivity index (χ0) is 21.9. The number of ether oxygens (including phenoxy) is 1. The van der Waals surface area contributed by atoms with Crippen LogP contribution in [0.3, 0.4) is 0 Å². The number of phenolic OH excluding ortho intramolecular Hbond substituents is 1. The molecule has 156 valence electrons. The van der Waals surface area contributed by atoms with Gasteiger partial charge in [-0.3, -0.25) is 0 Å². The molecule has 5 heteroatoms. The van der Waals surface area contributed by atoms with E-state index in [0.717, 1.165) is 39.2 Å². The number of aromatic nitrogens is 1. The van der Waals surface area contributed by atoms with Crippen LogP contribution in [0.2, 0.25) is 0 Å². The molecule has 0 aliphatic carbocycles. The van der Waals surface area contributed by atoms with Crippen molar-refractivity contribution in [3.63, 3.8) is 0 Å². The van der Waals surface area contributed by atoms with Gasteiger partial charge in [-0.1, -0.05) is 36.4 Å². The van der Waals surface area contributed by atoms with Gasteiger partial charge >= 0.3 is 0 Å². The Kier molecular flexibility index (Phi) is 5.06. The second-order valence-electron chi connectivity index (χ2n) is 7.43. The van der Waals surface area contributed by atoms with Gasteiger partial charge in [-0.15, -0.1) is 0 Å². The van der Waals surface area contributed by atoms with Gasteiger partial charge < -0.3 is 20.9 Å². The number of pyridine rings is 1. The summed E-state index contributed by atoms with van der Waals surface area (Å²) in [6, 6.07) is 30.3. The first kappa shape index (κ1) is 19.5. The minimum atomic E-state index is 0.241. The fourth-order valence-corrected chi connectivity index (χ4v) is 3.68. The van der Waals surface area contributed by atoms with Crippen molar-refractivity contribution in [2.24, 2.45) is 0 Å².